The van der Waals surface area contributed by atoms with Crippen LogP contribution in [0.4, 0.5) is 34.6 Å². The van der Waals surface area contributed by atoms with Crippen molar-refractivity contribution in [1.29, 1.82) is 0 Å². The quantitative estimate of drug-likeness (QED) is 0.0381. The molecule has 0 aliphatic rings. The van der Waals surface area contributed by atoms with Gasteiger partial charge in [0.25, 0.3) is 15.8 Å². The van der Waals surface area contributed by atoms with Gasteiger partial charge in [-0.3, -0.25) is 14.7 Å². The van der Waals surface area contributed by atoms with Crippen LogP contribution in [0.2, 0.25) is 5.28 Å². The Bertz CT molecular complexity index is 1770. The van der Waals surface area contributed by atoms with Crippen LogP contribution in [0, 0.1) is 10.1 Å². The lowest BCUT2D eigenvalue weighted by Gasteiger charge is -2.15. The summed E-state index contributed by atoms with van der Waals surface area (Å²) in [6, 6.07) is 6.31. The molecule has 4 aromatic rings. The summed E-state index contributed by atoms with van der Waals surface area (Å²) >= 11 is 6.29. The molecule has 0 spiro atoms. The first-order valence-electron chi connectivity index (χ1n) is 10.2. The van der Waals surface area contributed by atoms with E-state index in [0.29, 0.717) is 12.0 Å². The number of azo groups is 1. The van der Waals surface area contributed by atoms with E-state index in [1.54, 1.807) is 0 Å². The van der Waals surface area contributed by atoms with Gasteiger partial charge in [0.2, 0.25) is 17.2 Å². The molecule has 0 saturated heterocycles. The molecule has 0 aliphatic heterocycles. The standard InChI is InChI=1S/C19H13ClN8O10S2/c20-17-23-18(21)25-19(24-17)22-11-6-9(39-38-37-33)3-7-4-13(40(34,35)36)15(16(30)14(7)11)27-26-10-5-8(28(31)32)1-2-12(10)29/h1-6,29-30,33H,(H,34,35,36)(H3,21,22,23,24,25). The summed E-state index contributed by atoms with van der Waals surface area (Å²) in [6.45, 7) is 0. The van der Waals surface area contributed by atoms with Crippen molar-refractivity contribution in [3.8, 4) is 11.5 Å². The number of phenols is 2. The number of nitro benzene ring substituents is 1. The minimum Gasteiger partial charge on any atom is -0.506 e. The molecule has 21 heteroatoms. The number of hydrogen-bond donors (Lipinski definition) is 6. The maximum atomic E-state index is 12.2. The van der Waals surface area contributed by atoms with Gasteiger partial charge in [-0.15, -0.1) is 14.6 Å². The molecule has 0 atom stereocenters. The SMILES string of the molecule is Nc1nc(Cl)nc(Nc2cc(SOOO)cc3cc(S(=O)(=O)O)c(N=Nc4cc([N+](=O)[O-])ccc4O)c(O)c23)n1. The molecule has 0 fully saturated rings. The lowest BCUT2D eigenvalue weighted by atomic mass is 10.1. The molecule has 0 bridgehead atoms. The van der Waals surface area contributed by atoms with Crippen LogP contribution in [0.25, 0.3) is 10.8 Å². The van der Waals surface area contributed by atoms with Crippen molar-refractivity contribution in [2.75, 3.05) is 11.1 Å². The van der Waals surface area contributed by atoms with Gasteiger partial charge < -0.3 is 21.3 Å². The van der Waals surface area contributed by atoms with Crippen molar-refractivity contribution in [3.05, 3.63) is 51.8 Å². The number of nitrogens with zero attached hydrogens (tertiary/aromatic N) is 6. The summed E-state index contributed by atoms with van der Waals surface area (Å²) in [6.07, 6.45) is 0. The average Bonchev–Trinajstić information content (AvgIpc) is 2.86. The number of nitrogens with two attached hydrogens (primary N) is 1. The van der Waals surface area contributed by atoms with E-state index in [9.17, 15) is 33.3 Å². The van der Waals surface area contributed by atoms with Crippen LogP contribution in [0.3, 0.4) is 0 Å². The summed E-state index contributed by atoms with van der Waals surface area (Å²) in [4.78, 5) is 20.9. The van der Waals surface area contributed by atoms with Gasteiger partial charge in [0.15, 0.2) is 5.75 Å². The largest absolute Gasteiger partial charge is 0.506 e. The fourth-order valence-electron chi connectivity index (χ4n) is 3.31. The van der Waals surface area contributed by atoms with Gasteiger partial charge in [0.1, 0.15) is 22.0 Å². The van der Waals surface area contributed by atoms with Gasteiger partial charge in [-0.2, -0.15) is 23.4 Å². The second kappa shape index (κ2) is 11.4. The number of nitro groups is 1. The second-order valence-electron chi connectivity index (χ2n) is 7.38. The molecule has 40 heavy (non-hydrogen) atoms. The Morgan fingerprint density at radius 2 is 1.88 bits per heavy atom. The van der Waals surface area contributed by atoms with Gasteiger partial charge in [0, 0.05) is 22.4 Å². The van der Waals surface area contributed by atoms with Gasteiger partial charge >= 0.3 is 0 Å². The zero-order valence-corrected chi connectivity index (χ0v) is 21.5. The Hall–Kier alpha value is -4.44. The van der Waals surface area contributed by atoms with E-state index >= 15 is 0 Å². The number of aromatic nitrogens is 3. The van der Waals surface area contributed by atoms with E-state index < -0.39 is 48.5 Å². The number of nitrogen functional groups attached to an aromatic ring is 1. The van der Waals surface area contributed by atoms with Crippen molar-refractivity contribution in [1.82, 2.24) is 15.0 Å². The number of fused-ring (bicyclic) bond motifs is 1. The van der Waals surface area contributed by atoms with Crippen molar-refractivity contribution in [2.45, 2.75) is 9.79 Å². The molecule has 3 aromatic carbocycles. The van der Waals surface area contributed by atoms with E-state index in [1.807, 2.05) is 0 Å². The number of rotatable bonds is 9. The zero-order valence-electron chi connectivity index (χ0n) is 19.2. The summed E-state index contributed by atoms with van der Waals surface area (Å²) < 4.78 is 38.7. The third kappa shape index (κ3) is 6.23. The second-order valence-corrected chi connectivity index (χ2v) is 9.89. The van der Waals surface area contributed by atoms with Gasteiger partial charge in [-0.1, -0.05) is 5.04 Å². The number of non-ortho nitro benzene ring substituents is 1. The smallest absolute Gasteiger partial charge is 0.296 e. The van der Waals surface area contributed by atoms with Crippen LogP contribution >= 0.6 is 23.6 Å². The minimum atomic E-state index is -5.07. The number of anilines is 3. The Kier molecular flexibility index (Phi) is 8.11. The molecule has 0 radical (unpaired) electrons. The molecular weight excluding hydrogens is 600 g/mol. The molecular formula is C19H13ClN8O10S2. The van der Waals surface area contributed by atoms with Crippen LogP contribution in [-0.4, -0.2) is 48.3 Å². The molecule has 18 nitrogen and oxygen atoms in total. The summed E-state index contributed by atoms with van der Waals surface area (Å²) in [7, 11) is -5.07. The van der Waals surface area contributed by atoms with Crippen LogP contribution in [0.15, 0.2) is 56.4 Å². The molecule has 0 aliphatic carbocycles. The van der Waals surface area contributed by atoms with E-state index in [0.717, 1.165) is 24.3 Å². The Morgan fingerprint density at radius 3 is 2.52 bits per heavy atom. The highest BCUT2D eigenvalue weighted by Crippen LogP contribution is 2.46. The topological polar surface area (TPSA) is 278 Å². The molecule has 0 amide bonds. The van der Waals surface area contributed by atoms with E-state index in [-0.39, 0.29) is 38.5 Å². The van der Waals surface area contributed by atoms with Crippen molar-refractivity contribution in [2.24, 2.45) is 10.2 Å². The van der Waals surface area contributed by atoms with Crippen molar-refractivity contribution in [3.63, 3.8) is 0 Å². The average molecular weight is 613 g/mol. The first-order valence-corrected chi connectivity index (χ1v) is 12.7. The number of halogens is 1. The number of hydrogen-bond acceptors (Lipinski definition) is 17. The van der Waals surface area contributed by atoms with Crippen molar-refractivity contribution < 1.29 is 42.7 Å². The maximum absolute atomic E-state index is 12.2. The monoisotopic (exact) mass is 612 g/mol. The van der Waals surface area contributed by atoms with E-state index in [2.05, 4.69) is 39.9 Å². The number of benzene rings is 3. The normalized spacial score (nSPS) is 11.8. The fourth-order valence-corrected chi connectivity index (χ4v) is 4.58. The van der Waals surface area contributed by atoms with Crippen LogP contribution in [0.1, 0.15) is 0 Å². The highest BCUT2D eigenvalue weighted by molar-refractivity contribution is 7.94. The third-order valence-electron chi connectivity index (χ3n) is 4.86. The number of phenolic OH excluding ortho intramolecular Hbond substituents is 2. The predicted molar refractivity (Wildman–Crippen MR) is 138 cm³/mol. The Balaban J connectivity index is 1.98. The number of nitrogens with one attached hydrogen (secondary N) is 1. The number of aromatic hydroxyl groups is 2. The van der Waals surface area contributed by atoms with E-state index in [1.165, 1.54) is 12.1 Å². The molecule has 0 saturated carbocycles. The molecule has 7 N–H and O–H groups in total. The lowest BCUT2D eigenvalue weighted by molar-refractivity contribution is -0.432. The first-order chi connectivity index (χ1) is 18.9. The molecule has 208 valence electrons. The molecule has 4 rings (SSSR count). The molecule has 1 heterocycles. The molecule has 0 unspecified atom stereocenters. The summed E-state index contributed by atoms with van der Waals surface area (Å²) in [5, 5.41) is 53.9. The Labute approximate surface area is 231 Å². The highest BCUT2D eigenvalue weighted by atomic mass is 35.5. The third-order valence-corrected chi connectivity index (χ3v) is 6.45. The van der Waals surface area contributed by atoms with Gasteiger partial charge in [-0.05, 0) is 41.3 Å². The molecule has 1 aromatic heterocycles. The zero-order chi connectivity index (χ0) is 29.2. The Morgan fingerprint density at radius 1 is 1.12 bits per heavy atom. The summed E-state index contributed by atoms with van der Waals surface area (Å²) in [5.41, 5.74) is 3.85. The lowest BCUT2D eigenvalue weighted by Crippen LogP contribution is -2.04. The van der Waals surface area contributed by atoms with Gasteiger partial charge in [0.05, 0.1) is 22.7 Å². The van der Waals surface area contributed by atoms with Crippen LogP contribution in [0.5, 0.6) is 11.5 Å². The highest BCUT2D eigenvalue weighted by Gasteiger charge is 2.25. The fraction of sp³-hybridized carbons (Fsp3) is 0. The maximum Gasteiger partial charge on any atom is 0.296 e. The van der Waals surface area contributed by atoms with Gasteiger partial charge in [-0.25, -0.2) is 5.26 Å². The van der Waals surface area contributed by atoms with Crippen LogP contribution < -0.4 is 11.1 Å². The predicted octanol–water partition coefficient (Wildman–Crippen LogP) is 4.41. The minimum absolute atomic E-state index is 0.0303. The first kappa shape index (κ1) is 28.6. The van der Waals surface area contributed by atoms with E-state index in [4.69, 9.17) is 22.6 Å². The van der Waals surface area contributed by atoms with Crippen molar-refractivity contribution >= 4 is 79.2 Å². The van der Waals surface area contributed by atoms with Crippen LogP contribution in [-0.2, 0) is 19.5 Å². The summed E-state index contributed by atoms with van der Waals surface area (Å²) in [5.74, 6) is -1.88.